The Balaban J connectivity index is 1.69. The summed E-state index contributed by atoms with van der Waals surface area (Å²) >= 11 is 0. The van der Waals surface area contributed by atoms with E-state index < -0.39 is 10.0 Å². The zero-order valence-corrected chi connectivity index (χ0v) is 19.0. The Bertz CT molecular complexity index is 1060. The van der Waals surface area contributed by atoms with E-state index >= 15 is 0 Å². The molecule has 166 valence electrons. The number of nitrogens with zero attached hydrogens (tertiary/aromatic N) is 1. The average Bonchev–Trinajstić information content (AvgIpc) is 2.75. The molecular formula is C23H29N3O4S. The molecule has 1 heterocycles. The summed E-state index contributed by atoms with van der Waals surface area (Å²) < 4.78 is 28.1. The molecule has 31 heavy (non-hydrogen) atoms. The largest absolute Gasteiger partial charge is 0.352 e. The molecule has 1 aliphatic heterocycles. The fraction of sp³-hybridized carbons (Fsp3) is 0.391. The van der Waals surface area contributed by atoms with Gasteiger partial charge >= 0.3 is 0 Å². The Morgan fingerprint density at radius 2 is 1.81 bits per heavy atom. The van der Waals surface area contributed by atoms with E-state index in [1.165, 1.54) is 0 Å². The molecular weight excluding hydrogens is 414 g/mol. The van der Waals surface area contributed by atoms with Crippen LogP contribution in [0.1, 0.15) is 47.7 Å². The number of rotatable bonds is 6. The summed E-state index contributed by atoms with van der Waals surface area (Å²) in [5.41, 5.74) is 2.41. The topological polar surface area (TPSA) is 95.6 Å². The van der Waals surface area contributed by atoms with Crippen LogP contribution < -0.4 is 10.0 Å². The van der Waals surface area contributed by atoms with Crippen LogP contribution in [-0.2, 0) is 14.8 Å². The first-order chi connectivity index (χ1) is 14.7. The summed E-state index contributed by atoms with van der Waals surface area (Å²) in [7, 11) is -3.73. The van der Waals surface area contributed by atoms with Gasteiger partial charge in [-0.25, -0.2) is 8.42 Å². The maximum atomic E-state index is 12.9. The average molecular weight is 444 g/mol. The lowest BCUT2D eigenvalue weighted by Crippen LogP contribution is -2.49. The minimum atomic E-state index is -3.73. The predicted molar refractivity (Wildman–Crippen MR) is 121 cm³/mol. The van der Waals surface area contributed by atoms with Crippen molar-refractivity contribution in [1.29, 1.82) is 0 Å². The highest BCUT2D eigenvalue weighted by atomic mass is 32.2. The third-order valence-corrected chi connectivity index (χ3v) is 6.94. The van der Waals surface area contributed by atoms with Gasteiger partial charge in [-0.15, -0.1) is 0 Å². The van der Waals surface area contributed by atoms with Crippen LogP contribution in [0.15, 0.2) is 47.4 Å². The number of carbonyl (C=O) groups excluding carboxylic acids is 2. The first kappa shape index (κ1) is 22.8. The highest BCUT2D eigenvalue weighted by Crippen LogP contribution is 2.22. The summed E-state index contributed by atoms with van der Waals surface area (Å²) in [6.07, 6.45) is 2.10. The van der Waals surface area contributed by atoms with Gasteiger partial charge in [0.05, 0.1) is 4.90 Å². The number of amides is 2. The van der Waals surface area contributed by atoms with Gasteiger partial charge in [-0.2, -0.15) is 0 Å². The predicted octanol–water partition coefficient (Wildman–Crippen LogP) is 3.24. The van der Waals surface area contributed by atoms with Gasteiger partial charge in [0, 0.05) is 36.8 Å². The van der Waals surface area contributed by atoms with Crippen molar-refractivity contribution >= 4 is 27.5 Å². The minimum Gasteiger partial charge on any atom is -0.352 e. The van der Waals surface area contributed by atoms with Crippen molar-refractivity contribution in [2.24, 2.45) is 0 Å². The molecule has 3 rings (SSSR count). The third kappa shape index (κ3) is 5.64. The maximum Gasteiger partial charge on any atom is 0.262 e. The maximum absolute atomic E-state index is 12.9. The molecule has 1 unspecified atom stereocenters. The number of likely N-dealkylation sites (tertiary alicyclic amines) is 1. The van der Waals surface area contributed by atoms with Crippen LogP contribution in [0.2, 0.25) is 0 Å². The minimum absolute atomic E-state index is 0.0141. The van der Waals surface area contributed by atoms with Gasteiger partial charge in [-0.3, -0.25) is 14.3 Å². The summed E-state index contributed by atoms with van der Waals surface area (Å²) in [6, 6.07) is 11.7. The molecule has 8 heteroatoms. The number of anilines is 1. The monoisotopic (exact) mass is 443 g/mol. The van der Waals surface area contributed by atoms with Gasteiger partial charge in [-0.05, 0) is 68.1 Å². The van der Waals surface area contributed by atoms with E-state index in [-0.39, 0.29) is 22.8 Å². The lowest BCUT2D eigenvalue weighted by Gasteiger charge is -2.33. The first-order valence-corrected chi connectivity index (χ1v) is 12.0. The SMILES string of the molecule is CCC(=O)NC1CCCN(C(=O)c2ccc(NS(=O)(=O)c3cc(C)ccc3C)cc2)C1. The Kier molecular flexibility index (Phi) is 7.00. The summed E-state index contributed by atoms with van der Waals surface area (Å²) in [5, 5.41) is 2.95. The van der Waals surface area contributed by atoms with E-state index in [1.807, 2.05) is 13.0 Å². The lowest BCUT2D eigenvalue weighted by atomic mass is 10.0. The van der Waals surface area contributed by atoms with Gasteiger partial charge in [0.2, 0.25) is 5.91 Å². The van der Waals surface area contributed by atoms with Crippen LogP contribution in [0.4, 0.5) is 5.69 Å². The molecule has 0 saturated carbocycles. The fourth-order valence-electron chi connectivity index (χ4n) is 3.68. The first-order valence-electron chi connectivity index (χ1n) is 10.5. The van der Waals surface area contributed by atoms with E-state index in [9.17, 15) is 18.0 Å². The van der Waals surface area contributed by atoms with Crippen LogP contribution >= 0.6 is 0 Å². The normalized spacial score (nSPS) is 16.6. The van der Waals surface area contributed by atoms with Crippen molar-refractivity contribution in [1.82, 2.24) is 10.2 Å². The number of hydrogen-bond acceptors (Lipinski definition) is 4. The van der Waals surface area contributed by atoms with Crippen molar-refractivity contribution in [2.45, 2.75) is 51.0 Å². The quantitative estimate of drug-likeness (QED) is 0.716. The molecule has 7 nitrogen and oxygen atoms in total. The molecule has 0 aliphatic carbocycles. The van der Waals surface area contributed by atoms with Crippen LogP contribution in [0.5, 0.6) is 0 Å². The van der Waals surface area contributed by atoms with Crippen LogP contribution in [0.25, 0.3) is 0 Å². The second-order valence-corrected chi connectivity index (χ2v) is 9.61. The number of carbonyl (C=O) groups is 2. The van der Waals surface area contributed by atoms with Crippen molar-refractivity contribution in [3.8, 4) is 0 Å². The number of piperidine rings is 1. The van der Waals surface area contributed by atoms with E-state index in [0.717, 1.165) is 18.4 Å². The number of aryl methyl sites for hydroxylation is 2. The van der Waals surface area contributed by atoms with Gasteiger partial charge in [0.25, 0.3) is 15.9 Å². The zero-order valence-electron chi connectivity index (χ0n) is 18.1. The molecule has 2 N–H and O–H groups in total. The van der Waals surface area contributed by atoms with Gasteiger partial charge in [-0.1, -0.05) is 19.1 Å². The van der Waals surface area contributed by atoms with Gasteiger partial charge in [0.1, 0.15) is 0 Å². The number of nitrogens with one attached hydrogen (secondary N) is 2. The lowest BCUT2D eigenvalue weighted by molar-refractivity contribution is -0.121. The smallest absolute Gasteiger partial charge is 0.262 e. The number of hydrogen-bond donors (Lipinski definition) is 2. The zero-order chi connectivity index (χ0) is 22.6. The molecule has 2 aromatic rings. The van der Waals surface area contributed by atoms with Crippen LogP contribution in [0.3, 0.4) is 0 Å². The van der Waals surface area contributed by atoms with Crippen molar-refractivity contribution in [3.05, 3.63) is 59.2 Å². The molecule has 1 saturated heterocycles. The number of sulfonamides is 1. The van der Waals surface area contributed by atoms with Crippen molar-refractivity contribution in [3.63, 3.8) is 0 Å². The Hall–Kier alpha value is -2.87. The summed E-state index contributed by atoms with van der Waals surface area (Å²) in [6.45, 7) is 6.52. The molecule has 0 spiro atoms. The van der Waals surface area contributed by atoms with E-state index in [2.05, 4.69) is 10.0 Å². The number of benzene rings is 2. The third-order valence-electron chi connectivity index (χ3n) is 5.41. The highest BCUT2D eigenvalue weighted by Gasteiger charge is 2.25. The Morgan fingerprint density at radius 3 is 2.48 bits per heavy atom. The van der Waals surface area contributed by atoms with Crippen molar-refractivity contribution in [2.75, 3.05) is 17.8 Å². The fourth-order valence-corrected chi connectivity index (χ4v) is 5.07. The summed E-state index contributed by atoms with van der Waals surface area (Å²) in [5.74, 6) is -0.140. The summed E-state index contributed by atoms with van der Waals surface area (Å²) in [4.78, 5) is 26.5. The van der Waals surface area contributed by atoms with Crippen LogP contribution in [-0.4, -0.2) is 44.3 Å². The van der Waals surface area contributed by atoms with Crippen molar-refractivity contribution < 1.29 is 18.0 Å². The van der Waals surface area contributed by atoms with E-state index in [4.69, 9.17) is 0 Å². The molecule has 0 radical (unpaired) electrons. The van der Waals surface area contributed by atoms with E-state index in [0.29, 0.717) is 36.3 Å². The molecule has 1 fully saturated rings. The second-order valence-electron chi connectivity index (χ2n) is 7.96. The van der Waals surface area contributed by atoms with Gasteiger partial charge < -0.3 is 10.2 Å². The molecule has 2 aromatic carbocycles. The standard InChI is InChI=1S/C23H29N3O4S/c1-4-22(27)24-20-6-5-13-26(15-20)23(28)18-9-11-19(12-10-18)25-31(29,30)21-14-16(2)7-8-17(21)3/h7-12,14,20,25H,4-6,13,15H2,1-3H3,(H,24,27). The highest BCUT2D eigenvalue weighted by molar-refractivity contribution is 7.92. The molecule has 2 amide bonds. The Labute approximate surface area is 183 Å². The molecule has 1 atom stereocenters. The van der Waals surface area contributed by atoms with Gasteiger partial charge in [0.15, 0.2) is 0 Å². The molecule has 0 aromatic heterocycles. The Morgan fingerprint density at radius 1 is 1.10 bits per heavy atom. The molecule has 0 bridgehead atoms. The second kappa shape index (κ2) is 9.51. The van der Waals surface area contributed by atoms with E-state index in [1.54, 1.807) is 55.1 Å². The molecule has 1 aliphatic rings. The van der Waals surface area contributed by atoms with Crippen LogP contribution in [0, 0.1) is 13.8 Å².